The number of fused-ring (bicyclic) bond motifs is 1. The summed E-state index contributed by atoms with van der Waals surface area (Å²) in [6.45, 7) is 3.33. The average Bonchev–Trinajstić information content (AvgIpc) is 2.47. The summed E-state index contributed by atoms with van der Waals surface area (Å²) in [6, 6.07) is 6.41. The zero-order valence-corrected chi connectivity index (χ0v) is 11.3. The minimum absolute atomic E-state index is 0.385. The van der Waals surface area contributed by atoms with Crippen molar-refractivity contribution in [2.75, 3.05) is 31.6 Å². The predicted molar refractivity (Wildman–Crippen MR) is 72.7 cm³/mol. The first-order valence-electron chi connectivity index (χ1n) is 6.97. The van der Waals surface area contributed by atoms with Gasteiger partial charge in [-0.25, -0.2) is 0 Å². The van der Waals surface area contributed by atoms with Gasteiger partial charge in [0.1, 0.15) is 6.07 Å². The Kier molecular flexibility index (Phi) is 3.34. The molecule has 0 N–H and O–H groups in total. The Bertz CT molecular complexity index is 478. The van der Waals surface area contributed by atoms with Crippen LogP contribution in [0.5, 0.6) is 0 Å². The van der Waals surface area contributed by atoms with E-state index in [2.05, 4.69) is 27.0 Å². The largest absolute Gasteiger partial charge is 0.355 e. The maximum Gasteiger partial charge on any atom is 0.163 e. The molecule has 0 aliphatic carbocycles. The van der Waals surface area contributed by atoms with Gasteiger partial charge in [-0.2, -0.15) is 5.26 Å². The van der Waals surface area contributed by atoms with E-state index in [4.69, 9.17) is 5.26 Å². The smallest absolute Gasteiger partial charge is 0.163 e. The summed E-state index contributed by atoms with van der Waals surface area (Å²) in [5.41, 5.74) is 0.385. The van der Waals surface area contributed by atoms with Gasteiger partial charge in [0, 0.05) is 19.1 Å². The molecule has 2 atom stereocenters. The van der Waals surface area contributed by atoms with Gasteiger partial charge in [0.2, 0.25) is 0 Å². The van der Waals surface area contributed by atoms with Crippen molar-refractivity contribution >= 4 is 5.82 Å². The van der Waals surface area contributed by atoms with E-state index < -0.39 is 0 Å². The summed E-state index contributed by atoms with van der Waals surface area (Å²) in [7, 11) is 2.24. The Hall–Kier alpha value is -1.67. The third-order valence-electron chi connectivity index (χ3n) is 4.43. The molecule has 19 heavy (non-hydrogen) atoms. The van der Waals surface area contributed by atoms with Gasteiger partial charge in [-0.1, -0.05) is 0 Å². The molecule has 0 amide bonds. The Morgan fingerprint density at radius 2 is 2.16 bits per heavy atom. The molecule has 2 aliphatic heterocycles. The van der Waals surface area contributed by atoms with Crippen LogP contribution in [0.1, 0.15) is 25.0 Å². The molecule has 0 spiro atoms. The molecule has 5 nitrogen and oxygen atoms in total. The number of nitrogens with zero attached hydrogens (tertiary/aromatic N) is 5. The normalized spacial score (nSPS) is 27.7. The Morgan fingerprint density at radius 1 is 1.26 bits per heavy atom. The average molecular weight is 257 g/mol. The zero-order valence-electron chi connectivity index (χ0n) is 11.3. The van der Waals surface area contributed by atoms with Crippen molar-refractivity contribution in [1.29, 1.82) is 5.26 Å². The van der Waals surface area contributed by atoms with Gasteiger partial charge < -0.3 is 9.80 Å². The summed E-state index contributed by atoms with van der Waals surface area (Å²) in [4.78, 5) is 4.82. The Labute approximate surface area is 113 Å². The van der Waals surface area contributed by atoms with Crippen LogP contribution in [0.3, 0.4) is 0 Å². The van der Waals surface area contributed by atoms with Crippen molar-refractivity contribution in [2.45, 2.75) is 25.3 Å². The lowest BCUT2D eigenvalue weighted by atomic mass is 9.84. The summed E-state index contributed by atoms with van der Waals surface area (Å²) in [5.74, 6) is 1.65. The number of nitriles is 1. The molecule has 5 heteroatoms. The summed E-state index contributed by atoms with van der Waals surface area (Å²) in [6.07, 6.45) is 3.81. The maximum absolute atomic E-state index is 8.75. The molecule has 2 unspecified atom stereocenters. The Balaban J connectivity index is 1.72. The first-order chi connectivity index (χ1) is 9.28. The van der Waals surface area contributed by atoms with Gasteiger partial charge in [-0.3, -0.25) is 0 Å². The predicted octanol–water partition coefficient (Wildman–Crippen LogP) is 1.27. The lowest BCUT2D eigenvalue weighted by Gasteiger charge is -2.46. The van der Waals surface area contributed by atoms with Crippen LogP contribution >= 0.6 is 0 Å². The molecule has 100 valence electrons. The molecule has 0 saturated carbocycles. The highest BCUT2D eigenvalue weighted by atomic mass is 15.3. The minimum Gasteiger partial charge on any atom is -0.355 e. The van der Waals surface area contributed by atoms with Gasteiger partial charge in [-0.05, 0) is 50.9 Å². The fraction of sp³-hybridized carbons (Fsp3) is 0.643. The van der Waals surface area contributed by atoms with E-state index in [1.165, 1.54) is 25.8 Å². The highest BCUT2D eigenvalue weighted by Gasteiger charge is 2.34. The molecule has 0 aromatic carbocycles. The van der Waals surface area contributed by atoms with E-state index >= 15 is 0 Å². The van der Waals surface area contributed by atoms with Crippen LogP contribution in [0, 0.1) is 17.2 Å². The number of aromatic nitrogens is 2. The molecule has 1 aromatic heterocycles. The summed E-state index contributed by atoms with van der Waals surface area (Å²) < 4.78 is 0. The molecule has 1 aromatic rings. The molecule has 2 fully saturated rings. The Morgan fingerprint density at radius 3 is 2.89 bits per heavy atom. The number of rotatable bonds is 1. The molecule has 0 radical (unpaired) electrons. The van der Waals surface area contributed by atoms with Crippen LogP contribution in [0.15, 0.2) is 12.1 Å². The van der Waals surface area contributed by atoms with Crippen LogP contribution in [0.25, 0.3) is 0 Å². The van der Waals surface area contributed by atoms with Crippen molar-refractivity contribution in [3.05, 3.63) is 17.8 Å². The quantitative estimate of drug-likeness (QED) is 0.758. The second kappa shape index (κ2) is 5.14. The van der Waals surface area contributed by atoms with Crippen LogP contribution in [-0.4, -0.2) is 47.8 Å². The highest BCUT2D eigenvalue weighted by molar-refractivity contribution is 5.39. The summed E-state index contributed by atoms with van der Waals surface area (Å²) >= 11 is 0. The summed E-state index contributed by atoms with van der Waals surface area (Å²) in [5, 5.41) is 16.8. The van der Waals surface area contributed by atoms with Gasteiger partial charge in [0.15, 0.2) is 11.5 Å². The third-order valence-corrected chi connectivity index (χ3v) is 4.43. The topological polar surface area (TPSA) is 56.0 Å². The van der Waals surface area contributed by atoms with Gasteiger partial charge in [-0.15, -0.1) is 10.2 Å². The van der Waals surface area contributed by atoms with Crippen molar-refractivity contribution in [3.8, 4) is 6.07 Å². The number of piperidine rings is 2. The first-order valence-corrected chi connectivity index (χ1v) is 6.97. The second-order valence-electron chi connectivity index (χ2n) is 5.57. The maximum atomic E-state index is 8.75. The van der Waals surface area contributed by atoms with Crippen molar-refractivity contribution in [1.82, 2.24) is 15.1 Å². The third kappa shape index (κ3) is 2.41. The van der Waals surface area contributed by atoms with E-state index in [-0.39, 0.29) is 0 Å². The fourth-order valence-electron chi connectivity index (χ4n) is 3.41. The zero-order chi connectivity index (χ0) is 13.2. The number of hydrogen-bond donors (Lipinski definition) is 0. The fourth-order valence-corrected chi connectivity index (χ4v) is 3.41. The van der Waals surface area contributed by atoms with E-state index in [1.807, 2.05) is 12.1 Å². The number of anilines is 1. The van der Waals surface area contributed by atoms with Gasteiger partial charge >= 0.3 is 0 Å². The number of hydrogen-bond acceptors (Lipinski definition) is 5. The van der Waals surface area contributed by atoms with Crippen LogP contribution in [0.2, 0.25) is 0 Å². The molecule has 3 heterocycles. The lowest BCUT2D eigenvalue weighted by molar-refractivity contribution is 0.102. The van der Waals surface area contributed by atoms with Crippen molar-refractivity contribution in [2.24, 2.45) is 5.92 Å². The van der Waals surface area contributed by atoms with Gasteiger partial charge in [0.05, 0.1) is 0 Å². The lowest BCUT2D eigenvalue weighted by Crippen LogP contribution is -2.52. The van der Waals surface area contributed by atoms with Crippen LogP contribution in [0.4, 0.5) is 5.82 Å². The monoisotopic (exact) mass is 257 g/mol. The van der Waals surface area contributed by atoms with Gasteiger partial charge in [0.25, 0.3) is 0 Å². The van der Waals surface area contributed by atoms with Crippen molar-refractivity contribution < 1.29 is 0 Å². The highest BCUT2D eigenvalue weighted by Crippen LogP contribution is 2.31. The van der Waals surface area contributed by atoms with E-state index in [9.17, 15) is 0 Å². The SMILES string of the molecule is CN1CCCC2CN(c3ccc(C#N)nn3)CCC21. The molecule has 0 bridgehead atoms. The van der Waals surface area contributed by atoms with Crippen LogP contribution < -0.4 is 4.90 Å². The molecular weight excluding hydrogens is 238 g/mol. The first kappa shape index (κ1) is 12.4. The molecular formula is C14H19N5. The molecule has 3 rings (SSSR count). The molecule has 2 saturated heterocycles. The van der Waals surface area contributed by atoms with E-state index in [0.29, 0.717) is 5.69 Å². The second-order valence-corrected chi connectivity index (χ2v) is 5.57. The van der Waals surface area contributed by atoms with E-state index in [1.54, 1.807) is 6.07 Å². The van der Waals surface area contributed by atoms with E-state index in [0.717, 1.165) is 30.9 Å². The standard InChI is InChI=1S/C14H19N5/c1-18-7-2-3-11-10-19(8-6-13(11)18)14-5-4-12(9-15)16-17-14/h4-5,11,13H,2-3,6-8,10H2,1H3. The number of likely N-dealkylation sites (tertiary alicyclic amines) is 1. The van der Waals surface area contributed by atoms with Crippen LogP contribution in [-0.2, 0) is 0 Å². The minimum atomic E-state index is 0.385. The molecule has 2 aliphatic rings. The van der Waals surface area contributed by atoms with Crippen molar-refractivity contribution in [3.63, 3.8) is 0 Å².